The van der Waals surface area contributed by atoms with Crippen LogP contribution in [0.1, 0.15) is 9.67 Å². The summed E-state index contributed by atoms with van der Waals surface area (Å²) in [6.45, 7) is -0.807. The molecule has 0 aliphatic carbocycles. The van der Waals surface area contributed by atoms with Gasteiger partial charge in [-0.1, -0.05) is 0 Å². The first kappa shape index (κ1) is 15.6. The minimum atomic E-state index is -4.24. The summed E-state index contributed by atoms with van der Waals surface area (Å²) in [4.78, 5) is 21.2. The van der Waals surface area contributed by atoms with Gasteiger partial charge in [-0.25, -0.2) is 13.2 Å². The molecule has 10 heteroatoms. The van der Waals surface area contributed by atoms with Gasteiger partial charge in [-0.3, -0.25) is 4.79 Å². The second kappa shape index (κ2) is 6.10. The predicted molar refractivity (Wildman–Crippen MR) is 64.5 cm³/mol. The zero-order valence-corrected chi connectivity index (χ0v) is 11.3. The summed E-state index contributed by atoms with van der Waals surface area (Å²) in [6.07, 6.45) is 0. The number of carbonyl (C=O) groups excluding carboxylic acids is 1. The van der Waals surface area contributed by atoms with Crippen molar-refractivity contribution in [2.45, 2.75) is 10.9 Å². The number of aromatic carboxylic acids is 1. The highest BCUT2D eigenvalue weighted by molar-refractivity contribution is 7.89. The molecule has 0 saturated heterocycles. The van der Waals surface area contributed by atoms with Gasteiger partial charge >= 0.3 is 11.9 Å². The molecular formula is C9H11NO7S2. The van der Waals surface area contributed by atoms with E-state index in [0.29, 0.717) is 0 Å². The number of esters is 1. The first-order chi connectivity index (χ1) is 8.83. The highest BCUT2D eigenvalue weighted by Gasteiger charge is 2.29. The van der Waals surface area contributed by atoms with Crippen LogP contribution in [0.4, 0.5) is 0 Å². The van der Waals surface area contributed by atoms with Crippen molar-refractivity contribution in [1.82, 2.24) is 4.72 Å². The lowest BCUT2D eigenvalue weighted by atomic mass is 10.3. The van der Waals surface area contributed by atoms with Crippen LogP contribution in [0.5, 0.6) is 0 Å². The number of hydrogen-bond acceptors (Lipinski definition) is 7. The van der Waals surface area contributed by atoms with Gasteiger partial charge < -0.3 is 14.9 Å². The summed E-state index contributed by atoms with van der Waals surface area (Å²) < 4.78 is 30.0. The Bertz CT molecular complexity index is 577. The van der Waals surface area contributed by atoms with E-state index in [2.05, 4.69) is 4.74 Å². The number of aliphatic hydroxyl groups is 1. The van der Waals surface area contributed by atoms with E-state index >= 15 is 0 Å². The van der Waals surface area contributed by atoms with Crippen LogP contribution >= 0.6 is 11.3 Å². The van der Waals surface area contributed by atoms with E-state index < -0.39 is 39.5 Å². The van der Waals surface area contributed by atoms with E-state index in [1.807, 2.05) is 4.72 Å². The summed E-state index contributed by atoms with van der Waals surface area (Å²) in [6, 6.07) is -0.390. The summed E-state index contributed by atoms with van der Waals surface area (Å²) in [7, 11) is -3.21. The minimum absolute atomic E-state index is 0.381. The molecule has 1 unspecified atom stereocenters. The number of aliphatic hydroxyl groups excluding tert-OH is 1. The normalized spacial score (nSPS) is 12.9. The molecule has 3 N–H and O–H groups in total. The molecule has 1 aromatic heterocycles. The maximum Gasteiger partial charge on any atom is 0.347 e. The molecule has 0 amide bonds. The van der Waals surface area contributed by atoms with Crippen molar-refractivity contribution in [2.75, 3.05) is 13.7 Å². The largest absolute Gasteiger partial charge is 0.477 e. The second-order valence-electron chi connectivity index (χ2n) is 3.30. The Labute approximate surface area is 112 Å². The van der Waals surface area contributed by atoms with Crippen LogP contribution < -0.4 is 4.72 Å². The maximum atomic E-state index is 11.9. The van der Waals surface area contributed by atoms with Gasteiger partial charge in [0.05, 0.1) is 13.7 Å². The number of thiophene rings is 1. The topological polar surface area (TPSA) is 130 Å². The molecule has 0 aliphatic rings. The van der Waals surface area contributed by atoms with Crippen LogP contribution in [-0.4, -0.2) is 50.3 Å². The molecule has 1 atom stereocenters. The van der Waals surface area contributed by atoms with Crippen LogP contribution in [0.15, 0.2) is 16.3 Å². The van der Waals surface area contributed by atoms with E-state index in [1.165, 1.54) is 5.38 Å². The molecule has 8 nitrogen and oxygen atoms in total. The molecule has 1 heterocycles. The molecule has 106 valence electrons. The Morgan fingerprint density at radius 2 is 2.16 bits per heavy atom. The van der Waals surface area contributed by atoms with Gasteiger partial charge in [-0.15, -0.1) is 11.3 Å². The van der Waals surface area contributed by atoms with Crippen molar-refractivity contribution in [1.29, 1.82) is 0 Å². The fraction of sp³-hybridized carbons (Fsp3) is 0.333. The molecule has 0 bridgehead atoms. The van der Waals surface area contributed by atoms with E-state index in [4.69, 9.17) is 10.2 Å². The van der Waals surface area contributed by atoms with Gasteiger partial charge in [-0.05, 0) is 11.4 Å². The van der Waals surface area contributed by atoms with Crippen LogP contribution in [0.25, 0.3) is 0 Å². The first-order valence-corrected chi connectivity index (χ1v) is 7.21. The summed E-state index contributed by atoms with van der Waals surface area (Å²) in [5.74, 6) is -2.37. The fourth-order valence-corrected chi connectivity index (χ4v) is 3.65. The van der Waals surface area contributed by atoms with Gasteiger partial charge in [0, 0.05) is 0 Å². The molecule has 1 aromatic rings. The average molecular weight is 309 g/mol. The molecule has 19 heavy (non-hydrogen) atoms. The fourth-order valence-electron chi connectivity index (χ4n) is 1.22. The lowest BCUT2D eigenvalue weighted by Gasteiger charge is -2.13. The number of sulfonamides is 1. The van der Waals surface area contributed by atoms with Gasteiger partial charge in [0.1, 0.15) is 15.8 Å². The molecule has 1 rings (SSSR count). The monoisotopic (exact) mass is 309 g/mol. The molecule has 0 saturated carbocycles. The Balaban J connectivity index is 3.07. The summed E-state index contributed by atoms with van der Waals surface area (Å²) >= 11 is 0.736. The van der Waals surface area contributed by atoms with Crippen molar-refractivity contribution in [3.63, 3.8) is 0 Å². The highest BCUT2D eigenvalue weighted by Crippen LogP contribution is 2.22. The lowest BCUT2D eigenvalue weighted by molar-refractivity contribution is -0.143. The number of carboxylic acids is 1. The summed E-state index contributed by atoms with van der Waals surface area (Å²) in [5, 5.41) is 19.1. The Morgan fingerprint density at radius 1 is 1.53 bits per heavy atom. The third-order valence-corrected chi connectivity index (χ3v) is 4.62. The van der Waals surface area contributed by atoms with Gasteiger partial charge in [0.2, 0.25) is 10.0 Å². The third-order valence-electron chi connectivity index (χ3n) is 2.08. The Kier molecular flexibility index (Phi) is 5.00. The molecule has 0 aliphatic heterocycles. The van der Waals surface area contributed by atoms with Crippen molar-refractivity contribution in [3.05, 3.63) is 16.3 Å². The zero-order chi connectivity index (χ0) is 14.6. The van der Waals surface area contributed by atoms with Crippen molar-refractivity contribution in [3.8, 4) is 0 Å². The standard InChI is InChI=1S/C9H11NO7S2/c1-17-9(14)5(4-11)10-19(15,16)6-2-3-18-7(6)8(12)13/h2-3,5,10-11H,4H2,1H3,(H,12,13). The average Bonchev–Trinajstić information content (AvgIpc) is 2.85. The quantitative estimate of drug-likeness (QED) is 0.590. The maximum absolute atomic E-state index is 11.9. The van der Waals surface area contributed by atoms with Crippen molar-refractivity contribution in [2.24, 2.45) is 0 Å². The zero-order valence-electron chi connectivity index (χ0n) is 9.69. The number of methoxy groups -OCH3 is 1. The Hall–Kier alpha value is -1.49. The smallest absolute Gasteiger partial charge is 0.347 e. The molecule has 0 spiro atoms. The van der Waals surface area contributed by atoms with E-state index in [9.17, 15) is 18.0 Å². The predicted octanol–water partition coefficient (Wildman–Crippen LogP) is -0.741. The van der Waals surface area contributed by atoms with E-state index in [1.54, 1.807) is 0 Å². The number of nitrogens with one attached hydrogen (secondary N) is 1. The lowest BCUT2D eigenvalue weighted by Crippen LogP contribution is -2.44. The number of carbonyl (C=O) groups is 2. The van der Waals surface area contributed by atoms with Crippen LogP contribution in [-0.2, 0) is 19.6 Å². The Morgan fingerprint density at radius 3 is 2.63 bits per heavy atom. The highest BCUT2D eigenvalue weighted by atomic mass is 32.2. The molecular weight excluding hydrogens is 298 g/mol. The van der Waals surface area contributed by atoms with Crippen molar-refractivity contribution < 1.29 is 33.0 Å². The number of carboxylic acid groups (broad SMARTS) is 1. The molecule has 0 fully saturated rings. The van der Waals surface area contributed by atoms with Gasteiger partial charge in [0.15, 0.2) is 0 Å². The van der Waals surface area contributed by atoms with Crippen LogP contribution in [0.2, 0.25) is 0 Å². The summed E-state index contributed by atoms with van der Waals surface area (Å²) in [5.41, 5.74) is 0. The third kappa shape index (κ3) is 3.50. The van der Waals surface area contributed by atoms with E-state index in [-0.39, 0.29) is 4.88 Å². The van der Waals surface area contributed by atoms with E-state index in [0.717, 1.165) is 24.5 Å². The first-order valence-electron chi connectivity index (χ1n) is 4.85. The van der Waals surface area contributed by atoms with Crippen LogP contribution in [0, 0.1) is 0 Å². The minimum Gasteiger partial charge on any atom is -0.477 e. The number of ether oxygens (including phenoxy) is 1. The second-order valence-corrected chi connectivity index (χ2v) is 5.90. The van der Waals surface area contributed by atoms with Gasteiger partial charge in [-0.2, -0.15) is 4.72 Å². The molecule has 0 radical (unpaired) electrons. The molecule has 0 aromatic carbocycles. The van der Waals surface area contributed by atoms with Crippen molar-refractivity contribution >= 4 is 33.3 Å². The SMILES string of the molecule is COC(=O)C(CO)NS(=O)(=O)c1ccsc1C(=O)O. The number of hydrogen-bond donors (Lipinski definition) is 3. The number of rotatable bonds is 6. The van der Waals surface area contributed by atoms with Crippen LogP contribution in [0.3, 0.4) is 0 Å². The van der Waals surface area contributed by atoms with Gasteiger partial charge in [0.25, 0.3) is 0 Å².